The van der Waals surface area contributed by atoms with Gasteiger partial charge in [-0.25, -0.2) is 14.4 Å². The Morgan fingerprint density at radius 1 is 0.764 bits per heavy atom. The molecule has 3 rings (SSSR count). The summed E-state index contributed by atoms with van der Waals surface area (Å²) in [7, 11) is 0. The third-order valence-corrected chi connectivity index (χ3v) is 8.14. The van der Waals surface area contributed by atoms with Gasteiger partial charge in [-0.3, -0.25) is 20.6 Å². The summed E-state index contributed by atoms with van der Waals surface area (Å²) >= 11 is 0. The Morgan fingerprint density at radius 2 is 1.33 bits per heavy atom. The van der Waals surface area contributed by atoms with E-state index < -0.39 is 29.0 Å². The third kappa shape index (κ3) is 17.6. The number of aliphatic imine (C=N–C) groups is 2. The molecule has 55 heavy (non-hydrogen) atoms. The van der Waals surface area contributed by atoms with E-state index in [1.807, 2.05) is 66.6 Å². The maximum absolute atomic E-state index is 12.8. The molecule has 2 N–H and O–H groups in total. The van der Waals surface area contributed by atoms with Crippen LogP contribution < -0.4 is 15.7 Å². The number of unbranched alkanes of at least 4 members (excludes halogenated alkanes) is 6. The summed E-state index contributed by atoms with van der Waals surface area (Å²) < 4.78 is 26.1. The number of aromatic nitrogens is 2. The van der Waals surface area contributed by atoms with E-state index in [1.165, 1.54) is 0 Å². The standard InChI is InChI=1S/C41H65N7O7/c1-39(2,3)53-36(49)44-33(45-37(50)54-40(4,5)6)19-15-13-11-10-12-14-16-25-46-28-29-47(35(46)42)26-18-30-52-32-22-20-31(21-23-32)34-43-24-17-27-48(34)38(51)55-41(7,8)9/h20-23,28-29,42H,10-19,24-27,30H2,1-9H3,(H,44,45,49,50). The van der Waals surface area contributed by atoms with Crippen molar-refractivity contribution < 1.29 is 33.3 Å². The number of alkyl carbamates (subject to hydrolysis) is 1. The molecule has 1 aliphatic heterocycles. The molecule has 1 aromatic carbocycles. The fourth-order valence-electron chi connectivity index (χ4n) is 5.72. The molecule has 0 atom stereocenters. The highest BCUT2D eigenvalue weighted by atomic mass is 16.6. The Kier molecular flexibility index (Phi) is 17.0. The van der Waals surface area contributed by atoms with E-state index in [-0.39, 0.29) is 11.9 Å². The van der Waals surface area contributed by atoms with Crippen molar-refractivity contribution in [3.05, 3.63) is 47.8 Å². The number of carbonyl (C=O) groups is 3. The van der Waals surface area contributed by atoms with Crippen molar-refractivity contribution in [1.82, 2.24) is 19.4 Å². The third-order valence-electron chi connectivity index (χ3n) is 8.14. The first-order valence-electron chi connectivity index (χ1n) is 19.7. The minimum atomic E-state index is -0.739. The van der Waals surface area contributed by atoms with E-state index in [4.69, 9.17) is 24.4 Å². The van der Waals surface area contributed by atoms with E-state index in [0.717, 1.165) is 75.6 Å². The molecule has 3 amide bonds. The Labute approximate surface area is 327 Å². The number of amides is 3. The smallest absolute Gasteiger partial charge is 0.435 e. The van der Waals surface area contributed by atoms with Gasteiger partial charge in [-0.2, -0.15) is 4.99 Å². The fourth-order valence-corrected chi connectivity index (χ4v) is 5.72. The van der Waals surface area contributed by atoms with E-state index in [2.05, 4.69) is 15.3 Å². The fraction of sp³-hybridized carbons (Fsp3) is 0.659. The number of hydrogen-bond acceptors (Lipinski definition) is 9. The number of imidazole rings is 1. The minimum absolute atomic E-state index is 0.248. The number of hydrogen-bond donors (Lipinski definition) is 2. The number of rotatable bonds is 16. The van der Waals surface area contributed by atoms with Gasteiger partial charge >= 0.3 is 18.3 Å². The second-order valence-corrected chi connectivity index (χ2v) is 16.8. The van der Waals surface area contributed by atoms with Crippen LogP contribution in [0.25, 0.3) is 0 Å². The van der Waals surface area contributed by atoms with Gasteiger partial charge in [0.1, 0.15) is 34.2 Å². The Bertz CT molecular complexity index is 1660. The first-order chi connectivity index (χ1) is 25.8. The van der Waals surface area contributed by atoms with E-state index in [0.29, 0.717) is 44.1 Å². The highest BCUT2D eigenvalue weighted by Crippen LogP contribution is 2.20. The summed E-state index contributed by atoms with van der Waals surface area (Å²) in [4.78, 5) is 47.5. The zero-order valence-corrected chi connectivity index (χ0v) is 34.7. The lowest BCUT2D eigenvalue weighted by Crippen LogP contribution is -2.44. The molecule has 1 aliphatic rings. The molecule has 0 bridgehead atoms. The van der Waals surface area contributed by atoms with E-state index >= 15 is 0 Å². The Morgan fingerprint density at radius 3 is 1.93 bits per heavy atom. The van der Waals surface area contributed by atoms with Gasteiger partial charge in [-0.05, 0) is 112 Å². The normalized spacial score (nSPS) is 13.9. The number of aryl methyl sites for hydroxylation is 2. The first kappa shape index (κ1) is 44.8. The topological polar surface area (TPSA) is 162 Å². The Balaban J connectivity index is 1.33. The van der Waals surface area contributed by atoms with Crippen LogP contribution in [0.15, 0.2) is 46.6 Å². The largest absolute Gasteiger partial charge is 0.494 e. The second kappa shape index (κ2) is 20.9. The predicted octanol–water partition coefficient (Wildman–Crippen LogP) is 8.60. The van der Waals surface area contributed by atoms with Gasteiger partial charge in [0.15, 0.2) is 0 Å². The molecule has 14 heteroatoms. The molecule has 2 heterocycles. The first-order valence-corrected chi connectivity index (χ1v) is 19.7. The van der Waals surface area contributed by atoms with E-state index in [1.54, 1.807) is 46.4 Å². The second-order valence-electron chi connectivity index (χ2n) is 16.8. The molecule has 0 spiro atoms. The maximum atomic E-state index is 12.8. The SMILES string of the molecule is CC(C)(C)OC(=O)N=C(CCCCCCCCCn1ccn(CCCOc2ccc(C3=NCCCN3C(=O)OC(C)(C)C)cc2)c1=N)NC(=O)OC(C)(C)C. The molecule has 0 radical (unpaired) electrons. The van der Waals surface area contributed by atoms with Gasteiger partial charge in [0, 0.05) is 50.6 Å². The van der Waals surface area contributed by atoms with Crippen molar-refractivity contribution in [1.29, 1.82) is 5.41 Å². The lowest BCUT2D eigenvalue weighted by Gasteiger charge is -2.30. The number of ether oxygens (including phenoxy) is 4. The van der Waals surface area contributed by atoms with Gasteiger partial charge in [-0.1, -0.05) is 32.1 Å². The number of carbonyl (C=O) groups excluding carboxylic acids is 3. The van der Waals surface area contributed by atoms with Crippen molar-refractivity contribution in [2.24, 2.45) is 9.98 Å². The highest BCUT2D eigenvalue weighted by molar-refractivity contribution is 6.07. The summed E-state index contributed by atoms with van der Waals surface area (Å²) in [5.74, 6) is 1.61. The Hall–Kier alpha value is -4.62. The quantitative estimate of drug-likeness (QED) is 0.0748. The number of benzene rings is 1. The number of amidine groups is 2. The van der Waals surface area contributed by atoms with Crippen molar-refractivity contribution in [2.75, 3.05) is 19.7 Å². The summed E-state index contributed by atoms with van der Waals surface area (Å²) in [6.07, 6.45) is 11.1. The summed E-state index contributed by atoms with van der Waals surface area (Å²) in [5, 5.41) is 11.2. The highest BCUT2D eigenvalue weighted by Gasteiger charge is 2.28. The van der Waals surface area contributed by atoms with Crippen LogP contribution in [0.1, 0.15) is 132 Å². The van der Waals surface area contributed by atoms with Crippen molar-refractivity contribution in [3.63, 3.8) is 0 Å². The molecular weight excluding hydrogens is 702 g/mol. The van der Waals surface area contributed by atoms with Crippen LogP contribution in [0.5, 0.6) is 5.75 Å². The number of nitrogens with one attached hydrogen (secondary N) is 2. The monoisotopic (exact) mass is 767 g/mol. The molecule has 306 valence electrons. The van der Waals surface area contributed by atoms with Crippen LogP contribution in [0.4, 0.5) is 14.4 Å². The van der Waals surface area contributed by atoms with Gasteiger partial charge in [0.25, 0.3) is 0 Å². The molecule has 0 aliphatic carbocycles. The minimum Gasteiger partial charge on any atom is -0.494 e. The molecule has 0 saturated carbocycles. The van der Waals surface area contributed by atoms with Crippen LogP contribution in [-0.2, 0) is 27.3 Å². The summed E-state index contributed by atoms with van der Waals surface area (Å²) in [6.45, 7) is 19.4. The van der Waals surface area contributed by atoms with E-state index in [9.17, 15) is 14.4 Å². The van der Waals surface area contributed by atoms with Crippen LogP contribution in [0, 0.1) is 5.41 Å². The average molecular weight is 768 g/mol. The molecule has 14 nitrogen and oxygen atoms in total. The summed E-state index contributed by atoms with van der Waals surface area (Å²) in [6, 6.07) is 7.63. The molecule has 0 fully saturated rings. The van der Waals surface area contributed by atoms with Crippen LogP contribution >= 0.6 is 0 Å². The lowest BCUT2D eigenvalue weighted by molar-refractivity contribution is 0.0362. The number of nitrogens with zero attached hydrogens (tertiary/aromatic N) is 5. The zero-order valence-electron chi connectivity index (χ0n) is 34.7. The van der Waals surface area contributed by atoms with Crippen LogP contribution in [0.2, 0.25) is 0 Å². The van der Waals surface area contributed by atoms with Gasteiger partial charge < -0.3 is 28.1 Å². The van der Waals surface area contributed by atoms with Gasteiger partial charge in [0.05, 0.1) is 6.61 Å². The maximum Gasteiger partial charge on any atom is 0.435 e. The molecule has 2 aromatic rings. The molecular formula is C41H65N7O7. The molecule has 0 unspecified atom stereocenters. The van der Waals surface area contributed by atoms with Crippen LogP contribution in [0.3, 0.4) is 0 Å². The average Bonchev–Trinajstić information content (AvgIpc) is 3.41. The predicted molar refractivity (Wildman–Crippen MR) is 214 cm³/mol. The molecule has 1 aromatic heterocycles. The molecule has 0 saturated heterocycles. The van der Waals surface area contributed by atoms with Crippen molar-refractivity contribution >= 4 is 30.0 Å². The van der Waals surface area contributed by atoms with Gasteiger partial charge in [0.2, 0.25) is 5.62 Å². The van der Waals surface area contributed by atoms with Crippen molar-refractivity contribution in [2.45, 2.75) is 156 Å². The van der Waals surface area contributed by atoms with Crippen LogP contribution in [-0.4, -0.2) is 80.5 Å². The zero-order chi connectivity index (χ0) is 40.6. The van der Waals surface area contributed by atoms with Gasteiger partial charge in [-0.15, -0.1) is 0 Å². The summed E-state index contributed by atoms with van der Waals surface area (Å²) in [5.41, 5.74) is -0.599. The lowest BCUT2D eigenvalue weighted by atomic mass is 10.1. The van der Waals surface area contributed by atoms with Crippen molar-refractivity contribution in [3.8, 4) is 5.75 Å².